The maximum absolute atomic E-state index is 12.2. The lowest BCUT2D eigenvalue weighted by molar-refractivity contribution is -0.274. The third-order valence-electron chi connectivity index (χ3n) is 2.54. The molecule has 106 valence electrons. The van der Waals surface area contributed by atoms with Crippen LogP contribution in [0, 0.1) is 6.92 Å². The average Bonchev–Trinajstić information content (AvgIpc) is 2.38. The molecule has 0 aliphatic heterocycles. The zero-order chi connectivity index (χ0) is 14.8. The van der Waals surface area contributed by atoms with Crippen LogP contribution in [0.3, 0.4) is 0 Å². The summed E-state index contributed by atoms with van der Waals surface area (Å²) in [5, 5.41) is 0. The van der Waals surface area contributed by atoms with Crippen LogP contribution in [0.5, 0.6) is 11.5 Å². The fourth-order valence-corrected chi connectivity index (χ4v) is 1.74. The van der Waals surface area contributed by atoms with Crippen molar-refractivity contribution >= 4 is 0 Å². The molecule has 2 aromatic rings. The van der Waals surface area contributed by atoms with E-state index in [1.165, 1.54) is 31.6 Å². The van der Waals surface area contributed by atoms with E-state index in [0.29, 0.717) is 17.0 Å². The molecule has 0 fully saturated rings. The number of nitrogens with zero attached hydrogens (tertiary/aromatic N) is 2. The highest BCUT2D eigenvalue weighted by atomic mass is 19.4. The smallest absolute Gasteiger partial charge is 0.496 e. The second kappa shape index (κ2) is 5.36. The van der Waals surface area contributed by atoms with Crippen molar-refractivity contribution in [2.24, 2.45) is 0 Å². The molecule has 1 heterocycles. The van der Waals surface area contributed by atoms with Gasteiger partial charge in [0.2, 0.25) is 0 Å². The summed E-state index contributed by atoms with van der Waals surface area (Å²) < 4.78 is 45.5. The van der Waals surface area contributed by atoms with Crippen molar-refractivity contribution in [3.05, 3.63) is 36.3 Å². The van der Waals surface area contributed by atoms with Gasteiger partial charge in [-0.2, -0.15) is 0 Å². The molecule has 0 radical (unpaired) electrons. The number of alkyl halides is 3. The number of ether oxygens (including phenoxy) is 2. The zero-order valence-electron chi connectivity index (χ0n) is 10.7. The van der Waals surface area contributed by atoms with Crippen molar-refractivity contribution in [1.29, 1.82) is 0 Å². The van der Waals surface area contributed by atoms with Gasteiger partial charge >= 0.3 is 6.36 Å². The van der Waals surface area contributed by atoms with E-state index < -0.39 is 6.36 Å². The normalized spacial score (nSPS) is 11.2. The van der Waals surface area contributed by atoms with Crippen molar-refractivity contribution in [3.8, 4) is 22.8 Å². The van der Waals surface area contributed by atoms with Gasteiger partial charge in [0.15, 0.2) is 0 Å². The molecule has 0 saturated carbocycles. The van der Waals surface area contributed by atoms with E-state index in [1.54, 1.807) is 6.92 Å². The van der Waals surface area contributed by atoms with E-state index in [1.807, 2.05) is 0 Å². The molecule has 0 aliphatic carbocycles. The lowest BCUT2D eigenvalue weighted by Gasteiger charge is -2.13. The maximum atomic E-state index is 12.2. The van der Waals surface area contributed by atoms with E-state index in [0.717, 1.165) is 6.07 Å². The average molecular weight is 284 g/mol. The van der Waals surface area contributed by atoms with Crippen LogP contribution in [0.25, 0.3) is 11.3 Å². The minimum absolute atomic E-state index is 0.232. The zero-order valence-corrected chi connectivity index (χ0v) is 10.7. The van der Waals surface area contributed by atoms with Gasteiger partial charge in [-0.25, -0.2) is 0 Å². The monoisotopic (exact) mass is 284 g/mol. The van der Waals surface area contributed by atoms with Crippen molar-refractivity contribution in [2.45, 2.75) is 13.3 Å². The number of methoxy groups -OCH3 is 1. The Morgan fingerprint density at radius 2 is 1.80 bits per heavy atom. The number of halogens is 3. The van der Waals surface area contributed by atoms with Gasteiger partial charge in [0.1, 0.15) is 11.5 Å². The summed E-state index contributed by atoms with van der Waals surface area (Å²) in [6.45, 7) is 1.75. The molecular weight excluding hydrogens is 273 g/mol. The van der Waals surface area contributed by atoms with Gasteiger partial charge in [-0.1, -0.05) is 0 Å². The summed E-state index contributed by atoms with van der Waals surface area (Å²) >= 11 is 0. The largest absolute Gasteiger partial charge is 0.573 e. The van der Waals surface area contributed by atoms with Gasteiger partial charge in [0.25, 0.3) is 0 Å². The molecule has 0 spiro atoms. The fraction of sp³-hybridized carbons (Fsp3) is 0.231. The lowest BCUT2D eigenvalue weighted by Crippen LogP contribution is -2.17. The van der Waals surface area contributed by atoms with Gasteiger partial charge in [0, 0.05) is 24.0 Å². The van der Waals surface area contributed by atoms with Crippen LogP contribution < -0.4 is 9.47 Å². The van der Waals surface area contributed by atoms with Crippen LogP contribution >= 0.6 is 0 Å². The Bertz CT molecular complexity index is 615. The summed E-state index contributed by atoms with van der Waals surface area (Å²) in [5.41, 5.74) is 1.74. The molecule has 20 heavy (non-hydrogen) atoms. The molecule has 0 amide bonds. The van der Waals surface area contributed by atoms with Crippen LogP contribution in [0.4, 0.5) is 13.2 Å². The molecule has 0 atom stereocenters. The first-order valence-electron chi connectivity index (χ1n) is 5.62. The first-order valence-corrected chi connectivity index (χ1v) is 5.62. The van der Waals surface area contributed by atoms with Crippen LogP contribution in [0.2, 0.25) is 0 Å². The molecule has 4 nitrogen and oxygen atoms in total. The first-order chi connectivity index (χ1) is 9.40. The van der Waals surface area contributed by atoms with Crippen LogP contribution in [0.15, 0.2) is 30.6 Å². The third kappa shape index (κ3) is 3.17. The molecule has 0 saturated heterocycles. The van der Waals surface area contributed by atoms with Crippen LogP contribution in [-0.2, 0) is 0 Å². The Kier molecular flexibility index (Phi) is 3.78. The number of hydrogen-bond acceptors (Lipinski definition) is 4. The molecular formula is C13H11F3N2O2. The topological polar surface area (TPSA) is 44.2 Å². The second-order valence-electron chi connectivity index (χ2n) is 3.90. The van der Waals surface area contributed by atoms with Gasteiger partial charge in [0.05, 0.1) is 18.5 Å². The van der Waals surface area contributed by atoms with Gasteiger partial charge < -0.3 is 9.47 Å². The number of rotatable bonds is 3. The van der Waals surface area contributed by atoms with E-state index in [-0.39, 0.29) is 11.5 Å². The third-order valence-corrected chi connectivity index (χ3v) is 2.54. The van der Waals surface area contributed by atoms with E-state index in [4.69, 9.17) is 4.74 Å². The summed E-state index contributed by atoms with van der Waals surface area (Å²) in [6, 6.07) is 3.83. The highest BCUT2D eigenvalue weighted by molar-refractivity contribution is 5.69. The fourth-order valence-electron chi connectivity index (χ4n) is 1.74. The summed E-state index contributed by atoms with van der Waals surface area (Å²) in [5.74, 6) is -0.116. The van der Waals surface area contributed by atoms with E-state index in [2.05, 4.69) is 14.7 Å². The number of aromatic nitrogens is 2. The Morgan fingerprint density at radius 1 is 1.10 bits per heavy atom. The van der Waals surface area contributed by atoms with Gasteiger partial charge in [-0.05, 0) is 19.1 Å². The Labute approximate surface area is 113 Å². The quantitative estimate of drug-likeness (QED) is 0.867. The van der Waals surface area contributed by atoms with E-state index >= 15 is 0 Å². The highest BCUT2D eigenvalue weighted by Crippen LogP contribution is 2.34. The van der Waals surface area contributed by atoms with E-state index in [9.17, 15) is 13.2 Å². The van der Waals surface area contributed by atoms with Crippen LogP contribution in [0.1, 0.15) is 5.69 Å². The Balaban J connectivity index is 2.44. The number of hydrogen-bond donors (Lipinski definition) is 0. The summed E-state index contributed by atoms with van der Waals surface area (Å²) in [7, 11) is 1.36. The molecule has 0 N–H and O–H groups in total. The van der Waals surface area contributed by atoms with Crippen molar-refractivity contribution in [2.75, 3.05) is 7.11 Å². The molecule has 7 heteroatoms. The second-order valence-corrected chi connectivity index (χ2v) is 3.90. The standard InChI is InChI=1S/C13H11F3N2O2/c1-8-12(18-6-5-17-8)10-4-3-9(7-11(10)19-2)20-13(14,15)16/h3-7H,1-2H3. The lowest BCUT2D eigenvalue weighted by atomic mass is 10.1. The Morgan fingerprint density at radius 3 is 2.40 bits per heavy atom. The predicted octanol–water partition coefficient (Wildman–Crippen LogP) is 3.36. The van der Waals surface area contributed by atoms with Crippen molar-refractivity contribution < 1.29 is 22.6 Å². The molecule has 0 unspecified atom stereocenters. The minimum Gasteiger partial charge on any atom is -0.496 e. The Hall–Kier alpha value is -2.31. The van der Waals surface area contributed by atoms with Gasteiger partial charge in [-0.15, -0.1) is 13.2 Å². The highest BCUT2D eigenvalue weighted by Gasteiger charge is 2.31. The van der Waals surface area contributed by atoms with Crippen molar-refractivity contribution in [1.82, 2.24) is 9.97 Å². The summed E-state index contributed by atoms with van der Waals surface area (Å²) in [6.07, 6.45) is -1.71. The number of benzene rings is 1. The molecule has 2 rings (SSSR count). The number of aryl methyl sites for hydroxylation is 1. The molecule has 0 bridgehead atoms. The molecule has 1 aromatic heterocycles. The SMILES string of the molecule is COc1cc(OC(F)(F)F)ccc1-c1nccnc1C. The molecule has 0 aliphatic rings. The maximum Gasteiger partial charge on any atom is 0.573 e. The first kappa shape index (κ1) is 14.1. The van der Waals surface area contributed by atoms with Crippen LogP contribution in [-0.4, -0.2) is 23.4 Å². The molecule has 1 aromatic carbocycles. The summed E-state index contributed by atoms with van der Waals surface area (Å²) in [4.78, 5) is 8.24. The van der Waals surface area contributed by atoms with Gasteiger partial charge in [-0.3, -0.25) is 9.97 Å². The minimum atomic E-state index is -4.74. The predicted molar refractivity (Wildman–Crippen MR) is 65.4 cm³/mol. The van der Waals surface area contributed by atoms with Crippen molar-refractivity contribution in [3.63, 3.8) is 0 Å².